The third-order valence-corrected chi connectivity index (χ3v) is 2.06. The van der Waals surface area contributed by atoms with Gasteiger partial charge in [-0.05, 0) is 12.8 Å². The fraction of sp³-hybridized carbons (Fsp3) is 1.00. The molecule has 1 aliphatic rings. The molecule has 54 valence electrons. The second-order valence-corrected chi connectivity index (χ2v) is 2.72. The molecule has 9 heavy (non-hydrogen) atoms. The molecule has 0 aromatic heterocycles. The molecule has 1 aliphatic carbocycles. The van der Waals surface area contributed by atoms with Gasteiger partial charge in [0.1, 0.15) is 0 Å². The van der Waals surface area contributed by atoms with Gasteiger partial charge in [0, 0.05) is 13.2 Å². The van der Waals surface area contributed by atoms with E-state index in [-0.39, 0.29) is 0 Å². The number of nitrogens with two attached hydrogens (primary N) is 1. The number of hydrogen-bond donors (Lipinski definition) is 1. The number of rotatable bonds is 1. The lowest BCUT2D eigenvalue weighted by Crippen LogP contribution is -2.38. The third kappa shape index (κ3) is 1.66. The maximum absolute atomic E-state index is 5.76. The van der Waals surface area contributed by atoms with Gasteiger partial charge in [-0.3, -0.25) is 0 Å². The van der Waals surface area contributed by atoms with E-state index in [0.29, 0.717) is 12.1 Å². The van der Waals surface area contributed by atoms with Crippen LogP contribution in [-0.4, -0.2) is 19.3 Å². The van der Waals surface area contributed by atoms with Crippen LogP contribution in [0.2, 0.25) is 0 Å². The predicted molar refractivity (Wildman–Crippen MR) is 37.2 cm³/mol. The average Bonchev–Trinajstić information content (AvgIpc) is 1.89. The van der Waals surface area contributed by atoms with Gasteiger partial charge < -0.3 is 10.5 Å². The monoisotopic (exact) mass is 129 g/mol. The van der Waals surface area contributed by atoms with Crippen molar-refractivity contribution in [1.29, 1.82) is 0 Å². The van der Waals surface area contributed by atoms with Crippen LogP contribution in [0.3, 0.4) is 0 Å². The Morgan fingerprint density at radius 3 is 2.44 bits per heavy atom. The molecule has 2 heteroatoms. The fourth-order valence-electron chi connectivity index (χ4n) is 1.42. The summed E-state index contributed by atoms with van der Waals surface area (Å²) in [5.41, 5.74) is 5.76. The molecule has 0 aromatic carbocycles. The first kappa shape index (κ1) is 7.03. The van der Waals surface area contributed by atoms with Crippen LogP contribution in [0.1, 0.15) is 25.7 Å². The number of hydrogen-bond acceptors (Lipinski definition) is 2. The van der Waals surface area contributed by atoms with Gasteiger partial charge in [-0.25, -0.2) is 0 Å². The van der Waals surface area contributed by atoms with Gasteiger partial charge in [0.05, 0.1) is 6.10 Å². The molecule has 2 atom stereocenters. The second-order valence-electron chi connectivity index (χ2n) is 2.72. The van der Waals surface area contributed by atoms with Crippen molar-refractivity contribution in [3.05, 3.63) is 0 Å². The second kappa shape index (κ2) is 3.18. The molecular formula is C7H15NO. The average molecular weight is 129 g/mol. The van der Waals surface area contributed by atoms with E-state index in [1.165, 1.54) is 12.8 Å². The molecule has 0 saturated heterocycles. The van der Waals surface area contributed by atoms with Gasteiger partial charge in [0.15, 0.2) is 0 Å². The first-order chi connectivity index (χ1) is 4.34. The minimum atomic E-state index is 0.295. The van der Waals surface area contributed by atoms with Crippen LogP contribution < -0.4 is 5.73 Å². The van der Waals surface area contributed by atoms with Crippen LogP contribution in [-0.2, 0) is 4.74 Å². The Labute approximate surface area is 56.4 Å². The topological polar surface area (TPSA) is 35.2 Å². The summed E-state index contributed by atoms with van der Waals surface area (Å²) in [5.74, 6) is 0. The quantitative estimate of drug-likeness (QED) is 0.571. The fourth-order valence-corrected chi connectivity index (χ4v) is 1.42. The highest BCUT2D eigenvalue weighted by atomic mass is 16.5. The van der Waals surface area contributed by atoms with Crippen LogP contribution >= 0.6 is 0 Å². The van der Waals surface area contributed by atoms with E-state index in [1.807, 2.05) is 0 Å². The van der Waals surface area contributed by atoms with Gasteiger partial charge >= 0.3 is 0 Å². The molecule has 0 bridgehead atoms. The summed E-state index contributed by atoms with van der Waals surface area (Å²) in [4.78, 5) is 0. The molecule has 2 N–H and O–H groups in total. The zero-order valence-corrected chi connectivity index (χ0v) is 5.97. The van der Waals surface area contributed by atoms with E-state index in [4.69, 9.17) is 10.5 Å². The van der Waals surface area contributed by atoms with Crippen LogP contribution in [0.5, 0.6) is 0 Å². The highest BCUT2D eigenvalue weighted by molar-refractivity contribution is 4.77. The zero-order valence-electron chi connectivity index (χ0n) is 5.97. The summed E-state index contributed by atoms with van der Waals surface area (Å²) < 4.78 is 5.18. The minimum Gasteiger partial charge on any atom is -0.380 e. The summed E-state index contributed by atoms with van der Waals surface area (Å²) in [6, 6.07) is 0.295. The molecule has 0 aromatic rings. The van der Waals surface area contributed by atoms with E-state index >= 15 is 0 Å². The first-order valence-electron chi connectivity index (χ1n) is 3.63. The zero-order chi connectivity index (χ0) is 6.69. The molecule has 0 spiro atoms. The van der Waals surface area contributed by atoms with Crippen molar-refractivity contribution in [3.63, 3.8) is 0 Å². The van der Waals surface area contributed by atoms with E-state index in [1.54, 1.807) is 7.11 Å². The lowest BCUT2D eigenvalue weighted by molar-refractivity contribution is 0.0545. The van der Waals surface area contributed by atoms with Crippen LogP contribution in [0.4, 0.5) is 0 Å². The lowest BCUT2D eigenvalue weighted by Gasteiger charge is -2.26. The molecule has 0 aliphatic heterocycles. The van der Waals surface area contributed by atoms with Gasteiger partial charge in [-0.15, -0.1) is 0 Å². The molecule has 1 fully saturated rings. The van der Waals surface area contributed by atoms with Gasteiger partial charge in [-0.2, -0.15) is 0 Å². The Bertz CT molecular complexity index is 85.0. The molecule has 0 amide bonds. The summed E-state index contributed by atoms with van der Waals surface area (Å²) in [5, 5.41) is 0. The lowest BCUT2D eigenvalue weighted by atomic mass is 9.93. The maximum atomic E-state index is 5.76. The van der Waals surface area contributed by atoms with Gasteiger partial charge in [-0.1, -0.05) is 12.8 Å². The van der Waals surface area contributed by atoms with Crippen molar-refractivity contribution in [2.24, 2.45) is 5.73 Å². The Morgan fingerprint density at radius 1 is 1.33 bits per heavy atom. The molecular weight excluding hydrogens is 114 g/mol. The standard InChI is InChI=1S/C7H15NO/c1-9-7-5-3-2-4-6(7)8/h6-7H,2-5,8H2,1H3/t6-,7+/m0/s1. The van der Waals surface area contributed by atoms with E-state index in [0.717, 1.165) is 12.8 Å². The van der Waals surface area contributed by atoms with Crippen LogP contribution in [0.15, 0.2) is 0 Å². The Kier molecular flexibility index (Phi) is 2.49. The SMILES string of the molecule is CO[C@@H]1CCCC[C@@H]1N. The highest BCUT2D eigenvalue weighted by Gasteiger charge is 2.20. The van der Waals surface area contributed by atoms with Crippen molar-refractivity contribution < 1.29 is 4.74 Å². The van der Waals surface area contributed by atoms with Crippen molar-refractivity contribution in [1.82, 2.24) is 0 Å². The number of methoxy groups -OCH3 is 1. The maximum Gasteiger partial charge on any atom is 0.0722 e. The van der Waals surface area contributed by atoms with Crippen molar-refractivity contribution in [3.8, 4) is 0 Å². The van der Waals surface area contributed by atoms with Crippen molar-refractivity contribution in [2.75, 3.05) is 7.11 Å². The van der Waals surface area contributed by atoms with E-state index < -0.39 is 0 Å². The number of ether oxygens (including phenoxy) is 1. The van der Waals surface area contributed by atoms with Gasteiger partial charge in [0.2, 0.25) is 0 Å². The molecule has 1 rings (SSSR count). The normalized spacial score (nSPS) is 36.7. The molecule has 0 radical (unpaired) electrons. The van der Waals surface area contributed by atoms with Crippen LogP contribution in [0, 0.1) is 0 Å². The molecule has 0 unspecified atom stereocenters. The summed E-state index contributed by atoms with van der Waals surface area (Å²) >= 11 is 0. The Hall–Kier alpha value is -0.0800. The van der Waals surface area contributed by atoms with E-state index in [2.05, 4.69) is 0 Å². The van der Waals surface area contributed by atoms with E-state index in [9.17, 15) is 0 Å². The smallest absolute Gasteiger partial charge is 0.0722 e. The van der Waals surface area contributed by atoms with Crippen molar-refractivity contribution in [2.45, 2.75) is 37.8 Å². The minimum absolute atomic E-state index is 0.295. The summed E-state index contributed by atoms with van der Waals surface area (Å²) in [6.07, 6.45) is 5.18. The van der Waals surface area contributed by atoms with Crippen molar-refractivity contribution >= 4 is 0 Å². The Morgan fingerprint density at radius 2 is 2.00 bits per heavy atom. The van der Waals surface area contributed by atoms with Crippen LogP contribution in [0.25, 0.3) is 0 Å². The molecule has 1 saturated carbocycles. The first-order valence-corrected chi connectivity index (χ1v) is 3.63. The van der Waals surface area contributed by atoms with Gasteiger partial charge in [0.25, 0.3) is 0 Å². The highest BCUT2D eigenvalue weighted by Crippen LogP contribution is 2.18. The summed E-state index contributed by atoms with van der Waals surface area (Å²) in [7, 11) is 1.75. The third-order valence-electron chi connectivity index (χ3n) is 2.06. The largest absolute Gasteiger partial charge is 0.380 e. The predicted octanol–water partition coefficient (Wildman–Crippen LogP) is 0.903. The Balaban J connectivity index is 2.30. The molecule has 2 nitrogen and oxygen atoms in total. The molecule has 0 heterocycles. The summed E-state index contributed by atoms with van der Waals surface area (Å²) in [6.45, 7) is 0.